The average Bonchev–Trinajstić information content (AvgIpc) is 2.66. The topological polar surface area (TPSA) is 80.9 Å². The van der Waals surface area contributed by atoms with Gasteiger partial charge in [-0.25, -0.2) is 4.79 Å². The second-order valence-electron chi connectivity index (χ2n) is 2.69. The zero-order valence-corrected chi connectivity index (χ0v) is 8.09. The molecular weight excluding hydrogens is 220 g/mol. The molecule has 0 radical (unpaired) electrons. The summed E-state index contributed by atoms with van der Waals surface area (Å²) in [6.07, 6.45) is 0. The maximum atomic E-state index is 10.5. The normalized spacial score (nSPS) is 10.2. The Bertz CT molecular complexity index is 511. The van der Waals surface area contributed by atoms with Gasteiger partial charge in [0.05, 0.1) is 5.69 Å². The Hall–Kier alpha value is -1.95. The summed E-state index contributed by atoms with van der Waals surface area (Å²) in [6.45, 7) is 0. The number of benzene rings is 1. The van der Waals surface area contributed by atoms with Crippen molar-refractivity contribution in [3.8, 4) is 5.69 Å². The molecule has 0 saturated carbocycles. The Balaban J connectivity index is 2.41. The lowest BCUT2D eigenvalue weighted by molar-refractivity contribution is 0.0683. The molecule has 2 rings (SSSR count). The van der Waals surface area contributed by atoms with Gasteiger partial charge >= 0.3 is 5.97 Å². The van der Waals surface area contributed by atoms with Crippen molar-refractivity contribution in [3.05, 3.63) is 35.1 Å². The third kappa shape index (κ3) is 1.94. The van der Waals surface area contributed by atoms with E-state index in [2.05, 4.69) is 15.4 Å². The first kappa shape index (κ1) is 9.60. The molecule has 0 saturated heterocycles. The molecule has 0 amide bonds. The number of aromatic nitrogens is 4. The van der Waals surface area contributed by atoms with Crippen LogP contribution in [0.2, 0.25) is 5.02 Å². The largest absolute Gasteiger partial charge is 0.475 e. The first-order valence-corrected chi connectivity index (χ1v) is 4.34. The highest BCUT2D eigenvalue weighted by atomic mass is 35.5. The fourth-order valence-corrected chi connectivity index (χ4v) is 1.19. The van der Waals surface area contributed by atoms with Gasteiger partial charge in [-0.2, -0.15) is 0 Å². The zero-order valence-electron chi connectivity index (χ0n) is 7.33. The Kier molecular flexibility index (Phi) is 2.34. The number of hydrogen-bond acceptors (Lipinski definition) is 4. The summed E-state index contributed by atoms with van der Waals surface area (Å²) in [4.78, 5) is 11.6. The SMILES string of the molecule is O=C(O)c1nnn(-c2cccc(Cl)c2)n1. The Morgan fingerprint density at radius 1 is 1.47 bits per heavy atom. The highest BCUT2D eigenvalue weighted by Gasteiger charge is 2.11. The second kappa shape index (κ2) is 3.66. The zero-order chi connectivity index (χ0) is 10.8. The highest BCUT2D eigenvalue weighted by molar-refractivity contribution is 6.30. The molecule has 0 aliphatic carbocycles. The lowest BCUT2D eigenvalue weighted by Gasteiger charge is -1.97. The van der Waals surface area contributed by atoms with Gasteiger partial charge in [0.1, 0.15) is 0 Å². The van der Waals surface area contributed by atoms with Crippen LogP contribution in [-0.2, 0) is 0 Å². The predicted octanol–water partition coefficient (Wildman–Crippen LogP) is 1.01. The summed E-state index contributed by atoms with van der Waals surface area (Å²) < 4.78 is 0. The number of aromatic carboxylic acids is 1. The fourth-order valence-electron chi connectivity index (χ4n) is 1.01. The van der Waals surface area contributed by atoms with Crippen LogP contribution in [0.15, 0.2) is 24.3 Å². The predicted molar refractivity (Wildman–Crippen MR) is 51.1 cm³/mol. The molecule has 1 aromatic carbocycles. The Labute approximate surface area is 89.1 Å². The minimum Gasteiger partial charge on any atom is -0.475 e. The molecule has 76 valence electrons. The van der Waals surface area contributed by atoms with E-state index in [0.717, 1.165) is 4.80 Å². The molecule has 0 fully saturated rings. The van der Waals surface area contributed by atoms with Gasteiger partial charge in [-0.1, -0.05) is 17.7 Å². The Morgan fingerprint density at radius 2 is 2.27 bits per heavy atom. The molecule has 7 heteroatoms. The summed E-state index contributed by atoms with van der Waals surface area (Å²) in [6, 6.07) is 6.70. The van der Waals surface area contributed by atoms with Crippen LogP contribution < -0.4 is 0 Å². The first-order chi connectivity index (χ1) is 7.16. The molecule has 1 heterocycles. The van der Waals surface area contributed by atoms with E-state index < -0.39 is 5.97 Å². The number of rotatable bonds is 2. The van der Waals surface area contributed by atoms with Crippen molar-refractivity contribution in [3.63, 3.8) is 0 Å². The maximum absolute atomic E-state index is 10.5. The van der Waals surface area contributed by atoms with Gasteiger partial charge in [0.2, 0.25) is 0 Å². The van der Waals surface area contributed by atoms with Gasteiger partial charge in [-0.3, -0.25) is 0 Å². The second-order valence-corrected chi connectivity index (χ2v) is 3.12. The van der Waals surface area contributed by atoms with Crippen LogP contribution in [0.25, 0.3) is 5.69 Å². The third-order valence-corrected chi connectivity index (χ3v) is 1.88. The van der Waals surface area contributed by atoms with E-state index in [1.165, 1.54) is 0 Å². The quantitative estimate of drug-likeness (QED) is 0.824. The number of carboxylic acid groups (broad SMARTS) is 1. The monoisotopic (exact) mass is 224 g/mol. The van der Waals surface area contributed by atoms with Crippen molar-refractivity contribution in [2.75, 3.05) is 0 Å². The van der Waals surface area contributed by atoms with E-state index in [1.54, 1.807) is 24.3 Å². The van der Waals surface area contributed by atoms with E-state index in [0.29, 0.717) is 10.7 Å². The minimum atomic E-state index is -1.22. The van der Waals surface area contributed by atoms with Crippen molar-refractivity contribution in [2.45, 2.75) is 0 Å². The molecule has 6 nitrogen and oxygen atoms in total. The van der Waals surface area contributed by atoms with E-state index in [1.807, 2.05) is 0 Å². The highest BCUT2D eigenvalue weighted by Crippen LogP contribution is 2.12. The summed E-state index contributed by atoms with van der Waals surface area (Å²) in [7, 11) is 0. The lowest BCUT2D eigenvalue weighted by atomic mass is 10.3. The van der Waals surface area contributed by atoms with Crippen LogP contribution in [0.4, 0.5) is 0 Å². The van der Waals surface area contributed by atoms with Crippen molar-refractivity contribution in [1.82, 2.24) is 20.2 Å². The summed E-state index contributed by atoms with van der Waals surface area (Å²) in [5.74, 6) is -1.57. The standard InChI is InChI=1S/C8H5ClN4O2/c9-5-2-1-3-6(4-5)13-11-7(8(14)15)10-12-13/h1-4H,(H,14,15). The van der Waals surface area contributed by atoms with Gasteiger partial charge in [-0.15, -0.1) is 15.0 Å². The van der Waals surface area contributed by atoms with E-state index in [9.17, 15) is 4.79 Å². The molecule has 15 heavy (non-hydrogen) atoms. The van der Waals surface area contributed by atoms with Gasteiger partial charge in [0.15, 0.2) is 0 Å². The van der Waals surface area contributed by atoms with Crippen LogP contribution in [0.1, 0.15) is 10.6 Å². The van der Waals surface area contributed by atoms with E-state index in [-0.39, 0.29) is 5.82 Å². The van der Waals surface area contributed by atoms with Gasteiger partial charge < -0.3 is 5.11 Å². The number of carbonyl (C=O) groups is 1. The fraction of sp³-hybridized carbons (Fsp3) is 0. The molecular formula is C8H5ClN4O2. The van der Waals surface area contributed by atoms with Crippen LogP contribution in [0.3, 0.4) is 0 Å². The number of halogens is 1. The van der Waals surface area contributed by atoms with E-state index in [4.69, 9.17) is 16.7 Å². The average molecular weight is 225 g/mol. The maximum Gasteiger partial charge on any atom is 0.377 e. The van der Waals surface area contributed by atoms with Crippen molar-refractivity contribution >= 4 is 17.6 Å². The molecule has 0 aliphatic rings. The van der Waals surface area contributed by atoms with Crippen molar-refractivity contribution in [2.24, 2.45) is 0 Å². The van der Waals surface area contributed by atoms with Crippen LogP contribution in [0.5, 0.6) is 0 Å². The molecule has 1 N–H and O–H groups in total. The van der Waals surface area contributed by atoms with Crippen LogP contribution in [-0.4, -0.2) is 31.3 Å². The smallest absolute Gasteiger partial charge is 0.377 e. The third-order valence-electron chi connectivity index (χ3n) is 1.64. The molecule has 0 atom stereocenters. The first-order valence-electron chi connectivity index (χ1n) is 3.96. The van der Waals surface area contributed by atoms with E-state index >= 15 is 0 Å². The van der Waals surface area contributed by atoms with Crippen molar-refractivity contribution in [1.29, 1.82) is 0 Å². The molecule has 0 spiro atoms. The Morgan fingerprint density at radius 3 is 2.87 bits per heavy atom. The number of carboxylic acids is 1. The summed E-state index contributed by atoms with van der Waals surface area (Å²) in [5.41, 5.74) is 0.558. The van der Waals surface area contributed by atoms with Crippen LogP contribution in [0, 0.1) is 0 Å². The molecule has 1 aromatic heterocycles. The lowest BCUT2D eigenvalue weighted by Crippen LogP contribution is -2.02. The molecule has 2 aromatic rings. The molecule has 0 bridgehead atoms. The van der Waals surface area contributed by atoms with Crippen LogP contribution >= 0.6 is 11.6 Å². The minimum absolute atomic E-state index is 0.352. The van der Waals surface area contributed by atoms with Gasteiger partial charge in [-0.05, 0) is 23.4 Å². The number of nitrogens with zero attached hydrogens (tertiary/aromatic N) is 4. The van der Waals surface area contributed by atoms with Crippen molar-refractivity contribution < 1.29 is 9.90 Å². The number of tetrazole rings is 1. The summed E-state index contributed by atoms with van der Waals surface area (Å²) in [5, 5.41) is 19.7. The number of hydrogen-bond donors (Lipinski definition) is 1. The molecule has 0 aliphatic heterocycles. The van der Waals surface area contributed by atoms with Gasteiger partial charge in [0, 0.05) is 5.02 Å². The van der Waals surface area contributed by atoms with Gasteiger partial charge in [0.25, 0.3) is 5.82 Å². The summed E-state index contributed by atoms with van der Waals surface area (Å²) >= 11 is 5.76. The molecule has 0 unspecified atom stereocenters.